The summed E-state index contributed by atoms with van der Waals surface area (Å²) in [6.07, 6.45) is 0. The minimum atomic E-state index is 0.774. The van der Waals surface area contributed by atoms with E-state index in [9.17, 15) is 0 Å². The molecule has 0 saturated heterocycles. The molecule has 1 aromatic heterocycles. The first-order chi connectivity index (χ1) is 4.47. The third-order valence-electron chi connectivity index (χ3n) is 1.40. The molecule has 0 aliphatic heterocycles. The Morgan fingerprint density at radius 1 is 1.22 bits per heavy atom. The lowest BCUT2D eigenvalue weighted by Crippen LogP contribution is -1.55. The molecule has 0 amide bonds. The number of rotatable bonds is 0. The summed E-state index contributed by atoms with van der Waals surface area (Å²) in [6.45, 7) is 0. The monoisotopic (exact) mass is 133 g/mol. The lowest BCUT2D eigenvalue weighted by molar-refractivity contribution is 1.85. The fraction of sp³-hybridized carbons (Fsp3) is 0. The molecule has 0 bridgehead atoms. The van der Waals surface area contributed by atoms with E-state index in [4.69, 9.17) is 0 Å². The van der Waals surface area contributed by atoms with Crippen molar-refractivity contribution in [2.75, 3.05) is 0 Å². The van der Waals surface area contributed by atoms with E-state index in [1.54, 1.807) is 0 Å². The molecule has 1 heterocycles. The standard InChI is InChI=1S/C8H6P/c1-2-4-8-7(3-1)5-6-9-8/h1-5,9H. The lowest BCUT2D eigenvalue weighted by Gasteiger charge is -1.83. The van der Waals surface area contributed by atoms with Crippen LogP contribution in [0.4, 0.5) is 0 Å². The highest BCUT2D eigenvalue weighted by molar-refractivity contribution is 7.36. The van der Waals surface area contributed by atoms with Gasteiger partial charge in [-0.15, -0.1) is 8.19 Å². The molecule has 43 valence electrons. The SMILES string of the molecule is [c]1cc2ccccc2[pH]1. The first-order valence-electron chi connectivity index (χ1n) is 2.90. The Morgan fingerprint density at radius 2 is 2.11 bits per heavy atom. The molecule has 2 aromatic rings. The van der Waals surface area contributed by atoms with E-state index in [-0.39, 0.29) is 0 Å². The summed E-state index contributed by atoms with van der Waals surface area (Å²) in [7, 11) is 0.774. The molecule has 0 nitrogen and oxygen atoms in total. The molecule has 0 spiro atoms. The summed E-state index contributed by atoms with van der Waals surface area (Å²) in [5.41, 5.74) is 0. The van der Waals surface area contributed by atoms with Crippen LogP contribution in [-0.2, 0) is 0 Å². The summed E-state index contributed by atoms with van der Waals surface area (Å²) < 4.78 is 0. The molecule has 0 aliphatic rings. The fourth-order valence-corrected chi connectivity index (χ4v) is 1.79. The van der Waals surface area contributed by atoms with Crippen molar-refractivity contribution in [1.29, 1.82) is 0 Å². The van der Waals surface area contributed by atoms with Crippen LogP contribution in [0.3, 0.4) is 0 Å². The van der Waals surface area contributed by atoms with Crippen LogP contribution in [0.2, 0.25) is 0 Å². The zero-order chi connectivity index (χ0) is 6.10. The molecule has 0 saturated carbocycles. The molecule has 0 N–H and O–H groups in total. The van der Waals surface area contributed by atoms with Gasteiger partial charge >= 0.3 is 0 Å². The van der Waals surface area contributed by atoms with E-state index in [1.807, 2.05) is 0 Å². The zero-order valence-electron chi connectivity index (χ0n) is 4.89. The molecule has 9 heavy (non-hydrogen) atoms. The smallest absolute Gasteiger partial charge is 0.00314 e. The fourth-order valence-electron chi connectivity index (χ4n) is 0.928. The van der Waals surface area contributed by atoms with Gasteiger partial charge in [0.15, 0.2) is 0 Å². The highest BCUT2D eigenvalue weighted by Gasteiger charge is 1.87. The Hall–Kier alpha value is -0.740. The molecule has 0 aliphatic carbocycles. The number of fused-ring (bicyclic) bond motifs is 1. The average Bonchev–Trinajstić information content (AvgIpc) is 2.33. The lowest BCUT2D eigenvalue weighted by atomic mass is 10.3. The normalized spacial score (nSPS) is 11.1. The third kappa shape index (κ3) is 0.760. The maximum absolute atomic E-state index is 3.19. The van der Waals surface area contributed by atoms with Crippen LogP contribution >= 0.6 is 8.19 Å². The Labute approximate surface area is 55.6 Å². The van der Waals surface area contributed by atoms with Crippen LogP contribution in [0.15, 0.2) is 30.3 Å². The van der Waals surface area contributed by atoms with E-state index in [0.29, 0.717) is 0 Å². The van der Waals surface area contributed by atoms with E-state index in [0.717, 1.165) is 8.19 Å². The van der Waals surface area contributed by atoms with Gasteiger partial charge in [-0.05, 0) is 16.6 Å². The van der Waals surface area contributed by atoms with Gasteiger partial charge in [-0.2, -0.15) is 0 Å². The highest BCUT2D eigenvalue weighted by atomic mass is 31.0. The predicted octanol–water partition coefficient (Wildman–Crippen LogP) is 2.67. The minimum absolute atomic E-state index is 0.774. The van der Waals surface area contributed by atoms with Crippen LogP contribution < -0.4 is 0 Å². The van der Waals surface area contributed by atoms with E-state index in [2.05, 4.69) is 36.1 Å². The van der Waals surface area contributed by atoms with Crippen molar-refractivity contribution in [1.82, 2.24) is 0 Å². The van der Waals surface area contributed by atoms with Crippen molar-refractivity contribution in [2.45, 2.75) is 0 Å². The van der Waals surface area contributed by atoms with Crippen LogP contribution in [0.1, 0.15) is 0 Å². The topological polar surface area (TPSA) is 0 Å². The molecule has 2 rings (SSSR count). The van der Waals surface area contributed by atoms with E-state index in [1.165, 1.54) is 10.5 Å². The maximum atomic E-state index is 3.19. The first-order valence-corrected chi connectivity index (χ1v) is 3.90. The van der Waals surface area contributed by atoms with E-state index >= 15 is 0 Å². The van der Waals surface area contributed by atoms with Gasteiger partial charge in [0.1, 0.15) is 0 Å². The van der Waals surface area contributed by atoms with Crippen LogP contribution in [0, 0.1) is 5.80 Å². The van der Waals surface area contributed by atoms with Crippen LogP contribution in [0.5, 0.6) is 0 Å². The summed E-state index contributed by atoms with van der Waals surface area (Å²) in [5, 5.41) is 2.77. The Morgan fingerprint density at radius 3 is 3.00 bits per heavy atom. The molecule has 1 unspecified atom stereocenters. The Kier molecular flexibility index (Phi) is 1.07. The molecule has 1 radical (unpaired) electrons. The second kappa shape index (κ2) is 1.89. The average molecular weight is 133 g/mol. The zero-order valence-corrected chi connectivity index (χ0v) is 5.89. The van der Waals surface area contributed by atoms with Gasteiger partial charge in [0.25, 0.3) is 0 Å². The number of hydrogen-bond donors (Lipinski definition) is 0. The van der Waals surface area contributed by atoms with Crippen LogP contribution in [0.25, 0.3) is 10.5 Å². The third-order valence-corrected chi connectivity index (χ3v) is 2.41. The summed E-state index contributed by atoms with van der Waals surface area (Å²) >= 11 is 0. The van der Waals surface area contributed by atoms with Gasteiger partial charge in [-0.1, -0.05) is 24.3 Å². The maximum Gasteiger partial charge on any atom is 0.00314 e. The van der Waals surface area contributed by atoms with Gasteiger partial charge in [0, 0.05) is 5.80 Å². The van der Waals surface area contributed by atoms with Gasteiger partial charge in [-0.25, -0.2) is 0 Å². The van der Waals surface area contributed by atoms with E-state index < -0.39 is 0 Å². The quantitative estimate of drug-likeness (QED) is 0.518. The molecular weight excluding hydrogens is 127 g/mol. The molecule has 0 fully saturated rings. The second-order valence-corrected chi connectivity index (χ2v) is 3.08. The van der Waals surface area contributed by atoms with Gasteiger partial charge < -0.3 is 0 Å². The number of benzene rings is 1. The molecular formula is C8H6P. The molecule has 1 aromatic carbocycles. The van der Waals surface area contributed by atoms with Crippen molar-refractivity contribution < 1.29 is 0 Å². The summed E-state index contributed by atoms with van der Waals surface area (Å²) in [6, 6.07) is 10.5. The van der Waals surface area contributed by atoms with Gasteiger partial charge in [0.2, 0.25) is 0 Å². The summed E-state index contributed by atoms with van der Waals surface area (Å²) in [5.74, 6) is 3.19. The van der Waals surface area contributed by atoms with Gasteiger partial charge in [-0.3, -0.25) is 0 Å². The highest BCUT2D eigenvalue weighted by Crippen LogP contribution is 2.22. The second-order valence-electron chi connectivity index (χ2n) is 2.00. The predicted molar refractivity (Wildman–Crippen MR) is 42.3 cm³/mol. The first kappa shape index (κ1) is 5.08. The Balaban J connectivity index is 2.95. The Bertz CT molecular complexity index is 279. The minimum Gasteiger partial charge on any atom is -0.123 e. The summed E-state index contributed by atoms with van der Waals surface area (Å²) in [4.78, 5) is 0. The molecule has 1 atom stereocenters. The van der Waals surface area contributed by atoms with Crippen molar-refractivity contribution >= 4 is 18.7 Å². The van der Waals surface area contributed by atoms with Crippen LogP contribution in [-0.4, -0.2) is 0 Å². The number of hydrogen-bond acceptors (Lipinski definition) is 0. The van der Waals surface area contributed by atoms with Crippen molar-refractivity contribution in [3.8, 4) is 0 Å². The van der Waals surface area contributed by atoms with Crippen molar-refractivity contribution in [3.05, 3.63) is 36.1 Å². The van der Waals surface area contributed by atoms with Crippen molar-refractivity contribution in [2.24, 2.45) is 0 Å². The largest absolute Gasteiger partial charge is 0.123 e. The van der Waals surface area contributed by atoms with Crippen molar-refractivity contribution in [3.63, 3.8) is 0 Å². The van der Waals surface area contributed by atoms with Gasteiger partial charge in [0.05, 0.1) is 0 Å². The molecule has 1 heteroatoms.